The molecule has 0 saturated carbocycles. The highest BCUT2D eigenvalue weighted by Gasteiger charge is 2.42. The van der Waals surface area contributed by atoms with E-state index in [2.05, 4.69) is 31.3 Å². The first kappa shape index (κ1) is 24.1. The molecule has 2 aromatic carbocycles. The van der Waals surface area contributed by atoms with Crippen LogP contribution >= 0.6 is 10.6 Å². The van der Waals surface area contributed by atoms with Gasteiger partial charge in [-0.1, -0.05) is 57.0 Å². The molecule has 0 fully saturated rings. The van der Waals surface area contributed by atoms with Crippen LogP contribution in [0.3, 0.4) is 0 Å². The molecule has 2 aromatic rings. The van der Waals surface area contributed by atoms with Gasteiger partial charge in [0.15, 0.2) is 0 Å². The van der Waals surface area contributed by atoms with E-state index in [-0.39, 0.29) is 18.2 Å². The molecule has 31 heavy (non-hydrogen) atoms. The van der Waals surface area contributed by atoms with Crippen LogP contribution in [0, 0.1) is 0 Å². The fourth-order valence-electron chi connectivity index (χ4n) is 4.62. The van der Waals surface area contributed by atoms with E-state index in [1.807, 2.05) is 30.3 Å². The Morgan fingerprint density at radius 2 is 1.87 bits per heavy atom. The summed E-state index contributed by atoms with van der Waals surface area (Å²) in [5.74, 6) is 1.03. The fraction of sp³-hybridized carbons (Fsp3) is 0.520. The lowest BCUT2D eigenvalue weighted by Gasteiger charge is -2.42. The second-order valence-electron chi connectivity index (χ2n) is 8.57. The van der Waals surface area contributed by atoms with Crippen molar-refractivity contribution in [2.75, 3.05) is 19.5 Å². The first-order valence-corrected chi connectivity index (χ1v) is 13.0. The Kier molecular flexibility index (Phi) is 8.05. The summed E-state index contributed by atoms with van der Waals surface area (Å²) in [4.78, 5) is 0.606. The van der Waals surface area contributed by atoms with Gasteiger partial charge < -0.3 is 9.84 Å². The van der Waals surface area contributed by atoms with Crippen LogP contribution in [-0.4, -0.2) is 39.2 Å². The maximum Gasteiger partial charge on any atom is 0.122 e. The molecule has 4 N–H and O–H groups in total. The average Bonchev–Trinajstić information content (AvgIpc) is 2.88. The lowest BCUT2D eigenvalue weighted by Crippen LogP contribution is -2.49. The van der Waals surface area contributed by atoms with Crippen molar-refractivity contribution in [1.29, 1.82) is 0 Å². The number of aryl methyl sites for hydroxylation is 1. The van der Waals surface area contributed by atoms with Crippen molar-refractivity contribution in [3.05, 3.63) is 59.2 Å². The molecule has 5 nitrogen and oxygen atoms in total. The molecule has 2 unspecified atom stereocenters. The second kappa shape index (κ2) is 10.4. The molecule has 172 valence electrons. The maximum atomic E-state index is 11.5. The first-order chi connectivity index (χ1) is 14.9. The zero-order valence-corrected chi connectivity index (χ0v) is 19.8. The molecular formula is C25H37NO4S. The number of nitrogens with one attached hydrogen (secondary N) is 1. The van der Waals surface area contributed by atoms with Gasteiger partial charge in [0.2, 0.25) is 0 Å². The van der Waals surface area contributed by atoms with Crippen LogP contribution < -0.4 is 10.1 Å². The van der Waals surface area contributed by atoms with Gasteiger partial charge in [-0.2, -0.15) is 10.6 Å². The van der Waals surface area contributed by atoms with Gasteiger partial charge in [-0.3, -0.25) is 14.4 Å². The number of hydrogen-bond donors (Lipinski definition) is 4. The van der Waals surface area contributed by atoms with Crippen molar-refractivity contribution in [3.8, 4) is 5.75 Å². The van der Waals surface area contributed by atoms with Crippen molar-refractivity contribution in [3.63, 3.8) is 0 Å². The maximum absolute atomic E-state index is 11.5. The molecular weight excluding hydrogens is 410 g/mol. The number of unbranched alkanes of at least 4 members (excludes halogenated alkanes) is 1. The topological polar surface area (TPSA) is 82.0 Å². The van der Waals surface area contributed by atoms with Crippen molar-refractivity contribution < 1.29 is 18.9 Å². The molecule has 6 heteroatoms. The Labute approximate surface area is 188 Å². The number of fused-ring (bicyclic) bond motifs is 1. The van der Waals surface area contributed by atoms with Crippen LogP contribution in [0.25, 0.3) is 0 Å². The van der Waals surface area contributed by atoms with E-state index in [9.17, 15) is 14.2 Å². The van der Waals surface area contributed by atoms with Gasteiger partial charge >= 0.3 is 0 Å². The van der Waals surface area contributed by atoms with E-state index >= 15 is 0 Å². The Hall–Kier alpha value is -1.57. The molecule has 0 amide bonds. The van der Waals surface area contributed by atoms with Gasteiger partial charge in [0.25, 0.3) is 0 Å². The third-order valence-electron chi connectivity index (χ3n) is 6.43. The van der Waals surface area contributed by atoms with E-state index in [1.165, 1.54) is 0 Å². The number of rotatable bonds is 9. The Balaban J connectivity index is 2.21. The zero-order valence-electron chi connectivity index (χ0n) is 18.9. The predicted molar refractivity (Wildman–Crippen MR) is 128 cm³/mol. The van der Waals surface area contributed by atoms with Gasteiger partial charge in [-0.05, 0) is 48.9 Å². The number of aliphatic hydroxyl groups excluding tert-OH is 1. The molecule has 3 rings (SSSR count). The smallest absolute Gasteiger partial charge is 0.122 e. The monoisotopic (exact) mass is 447 g/mol. The molecule has 2 atom stereocenters. The van der Waals surface area contributed by atoms with E-state index in [0.717, 1.165) is 48.1 Å². The summed E-state index contributed by atoms with van der Waals surface area (Å²) in [6, 6.07) is 13.9. The van der Waals surface area contributed by atoms with E-state index < -0.39 is 10.6 Å². The summed E-state index contributed by atoms with van der Waals surface area (Å²) < 4.78 is 28.6. The lowest BCUT2D eigenvalue weighted by atomic mass is 9.87. The normalized spacial score (nSPS) is 23.6. The summed E-state index contributed by atoms with van der Waals surface area (Å²) in [7, 11) is -1.38. The van der Waals surface area contributed by atoms with Gasteiger partial charge in [-0.15, -0.1) is 0 Å². The van der Waals surface area contributed by atoms with Crippen LogP contribution in [0.5, 0.6) is 5.75 Å². The lowest BCUT2D eigenvalue weighted by molar-refractivity contribution is 0.287. The Morgan fingerprint density at radius 1 is 1.13 bits per heavy atom. The molecule has 1 aliphatic rings. The van der Waals surface area contributed by atoms with Gasteiger partial charge in [0.05, 0.1) is 23.8 Å². The molecule has 0 spiro atoms. The largest absolute Gasteiger partial charge is 0.496 e. The van der Waals surface area contributed by atoms with Gasteiger partial charge in [-0.25, -0.2) is 0 Å². The quantitative estimate of drug-likeness (QED) is 0.393. The van der Waals surface area contributed by atoms with Crippen LogP contribution in [0.1, 0.15) is 68.7 Å². The Morgan fingerprint density at radius 3 is 2.48 bits per heavy atom. The molecule has 1 aliphatic heterocycles. The fourth-order valence-corrected chi connectivity index (χ4v) is 6.86. The van der Waals surface area contributed by atoms with Crippen LogP contribution in [-0.2, 0) is 6.42 Å². The highest BCUT2D eigenvalue weighted by molar-refractivity contribution is 8.24. The van der Waals surface area contributed by atoms with E-state index in [1.54, 1.807) is 7.11 Å². The Bertz CT molecular complexity index is 858. The van der Waals surface area contributed by atoms with E-state index in [0.29, 0.717) is 23.5 Å². The summed E-state index contributed by atoms with van der Waals surface area (Å²) in [6.45, 7) is 4.38. The minimum absolute atomic E-state index is 0.0840. The minimum atomic E-state index is -3.02. The van der Waals surface area contributed by atoms with Gasteiger partial charge in [0.1, 0.15) is 5.75 Å². The number of hydrogen-bond acceptors (Lipinski definition) is 5. The van der Waals surface area contributed by atoms with Gasteiger partial charge in [0, 0.05) is 17.7 Å². The average molecular weight is 448 g/mol. The molecule has 0 bridgehead atoms. The molecule has 0 aromatic heterocycles. The first-order valence-electron chi connectivity index (χ1n) is 11.3. The van der Waals surface area contributed by atoms with Crippen molar-refractivity contribution in [1.82, 2.24) is 5.32 Å². The number of ether oxygens (including phenoxy) is 1. The highest BCUT2D eigenvalue weighted by atomic mass is 32.3. The number of methoxy groups -OCH3 is 1. The zero-order chi connectivity index (χ0) is 22.5. The van der Waals surface area contributed by atoms with Crippen LogP contribution in [0.2, 0.25) is 0 Å². The van der Waals surface area contributed by atoms with E-state index in [4.69, 9.17) is 4.74 Å². The third-order valence-corrected chi connectivity index (χ3v) is 8.44. The standard InChI is InChI=1S/C25H37NO4S/c1-4-6-14-25(5-2)18-31(28,29)23-16-20(13-10-15-27)22(30-3)17-21(23)24(26-25)19-11-8-7-9-12-19/h7-9,11-12,16-17,24,26-29H,4-6,10,13-15,18H2,1-3H3. The summed E-state index contributed by atoms with van der Waals surface area (Å²) in [6.07, 6.45) is 5.02. The molecule has 1 heterocycles. The second-order valence-corrected chi connectivity index (χ2v) is 10.6. The van der Waals surface area contributed by atoms with Crippen molar-refractivity contribution in [2.45, 2.75) is 68.8 Å². The molecule has 0 saturated heterocycles. The number of benzene rings is 2. The van der Waals surface area contributed by atoms with Crippen molar-refractivity contribution in [2.24, 2.45) is 0 Å². The third kappa shape index (κ3) is 5.26. The van der Waals surface area contributed by atoms with Crippen LogP contribution in [0.15, 0.2) is 47.4 Å². The SMILES string of the molecule is CCCCC1(CC)CS(O)(O)c2cc(CCCO)c(OC)cc2C(c2ccccc2)N1. The highest BCUT2D eigenvalue weighted by Crippen LogP contribution is 2.58. The predicted octanol–water partition coefficient (Wildman–Crippen LogP) is 5.76. The number of aliphatic hydroxyl groups is 1. The molecule has 0 radical (unpaired) electrons. The summed E-state index contributed by atoms with van der Waals surface area (Å²) in [5.41, 5.74) is 2.50. The minimum Gasteiger partial charge on any atom is -0.496 e. The summed E-state index contributed by atoms with van der Waals surface area (Å²) >= 11 is 0. The van der Waals surface area contributed by atoms with Crippen LogP contribution in [0.4, 0.5) is 0 Å². The summed E-state index contributed by atoms with van der Waals surface area (Å²) in [5, 5.41) is 13.2. The molecule has 0 aliphatic carbocycles. The van der Waals surface area contributed by atoms with Crippen molar-refractivity contribution >= 4 is 10.6 Å².